The van der Waals surface area contributed by atoms with Crippen LogP contribution < -0.4 is 0 Å². The van der Waals surface area contributed by atoms with Gasteiger partial charge in [0.15, 0.2) is 0 Å². The lowest BCUT2D eigenvalue weighted by atomic mass is 10.0. The van der Waals surface area contributed by atoms with Gasteiger partial charge in [0.2, 0.25) is 0 Å². The first-order valence-electron chi connectivity index (χ1n) is 9.26. The zero-order valence-corrected chi connectivity index (χ0v) is 17.1. The van der Waals surface area contributed by atoms with Gasteiger partial charge in [0, 0.05) is 11.6 Å². The predicted octanol–water partition coefficient (Wildman–Crippen LogP) is 5.33. The number of amides is 2. The van der Waals surface area contributed by atoms with Gasteiger partial charge in [-0.1, -0.05) is 18.2 Å². The van der Waals surface area contributed by atoms with E-state index in [4.69, 9.17) is 9.52 Å². The molecule has 1 aliphatic heterocycles. The molecule has 0 bridgehead atoms. The normalized spacial score (nSPS) is 15.2. The quantitative estimate of drug-likeness (QED) is 0.543. The van der Waals surface area contributed by atoms with E-state index >= 15 is 0 Å². The summed E-state index contributed by atoms with van der Waals surface area (Å²) in [6.45, 7) is 1.84. The number of carboxylic acid groups (broad SMARTS) is 1. The molecule has 2 aromatic carbocycles. The van der Waals surface area contributed by atoms with Crippen LogP contribution in [0.3, 0.4) is 0 Å². The summed E-state index contributed by atoms with van der Waals surface area (Å²) in [5.41, 5.74) is 2.29. The van der Waals surface area contributed by atoms with Crippen molar-refractivity contribution in [2.24, 2.45) is 0 Å². The lowest BCUT2D eigenvalue weighted by Gasteiger charge is -2.12. The Morgan fingerprint density at radius 1 is 1.13 bits per heavy atom. The largest absolute Gasteiger partial charge is 0.478 e. The molecule has 0 saturated carbocycles. The van der Waals surface area contributed by atoms with E-state index in [0.717, 1.165) is 27.8 Å². The van der Waals surface area contributed by atoms with Crippen molar-refractivity contribution in [2.45, 2.75) is 13.5 Å². The number of imide groups is 1. The molecule has 1 aromatic heterocycles. The van der Waals surface area contributed by atoms with E-state index in [2.05, 4.69) is 0 Å². The summed E-state index contributed by atoms with van der Waals surface area (Å²) in [5.74, 6) is -0.931. The summed E-state index contributed by atoms with van der Waals surface area (Å²) in [6.07, 6.45) is 1.50. The molecule has 4 rings (SSSR count). The van der Waals surface area contributed by atoms with Crippen LogP contribution in [0.4, 0.5) is 9.18 Å². The highest BCUT2D eigenvalue weighted by atomic mass is 32.2. The first-order chi connectivity index (χ1) is 14.8. The summed E-state index contributed by atoms with van der Waals surface area (Å²) in [5, 5.41) is 8.68. The zero-order valence-electron chi connectivity index (χ0n) is 16.3. The molecule has 0 aliphatic carbocycles. The minimum Gasteiger partial charge on any atom is -0.478 e. The van der Waals surface area contributed by atoms with Gasteiger partial charge >= 0.3 is 5.97 Å². The van der Waals surface area contributed by atoms with Crippen LogP contribution in [-0.4, -0.2) is 27.1 Å². The molecule has 0 radical (unpaired) electrons. The second-order valence-corrected chi connectivity index (χ2v) is 7.92. The van der Waals surface area contributed by atoms with Crippen molar-refractivity contribution in [1.82, 2.24) is 4.90 Å². The number of carbonyl (C=O) groups is 3. The van der Waals surface area contributed by atoms with Crippen molar-refractivity contribution in [1.29, 1.82) is 0 Å². The van der Waals surface area contributed by atoms with Gasteiger partial charge in [0.25, 0.3) is 11.1 Å². The third kappa shape index (κ3) is 4.29. The van der Waals surface area contributed by atoms with Crippen LogP contribution >= 0.6 is 11.8 Å². The smallest absolute Gasteiger partial charge is 0.335 e. The first-order valence-corrected chi connectivity index (χ1v) is 10.1. The highest BCUT2D eigenvalue weighted by molar-refractivity contribution is 8.18. The molecule has 31 heavy (non-hydrogen) atoms. The molecule has 2 heterocycles. The molecule has 156 valence electrons. The summed E-state index contributed by atoms with van der Waals surface area (Å²) in [6, 6.07) is 13.7. The minimum atomic E-state index is -1.01. The van der Waals surface area contributed by atoms with Gasteiger partial charge in [-0.15, -0.1) is 0 Å². The Balaban J connectivity index is 1.54. The number of benzene rings is 2. The highest BCUT2D eigenvalue weighted by Crippen LogP contribution is 2.34. The molecule has 0 unspecified atom stereocenters. The number of hydrogen-bond donors (Lipinski definition) is 1. The van der Waals surface area contributed by atoms with Gasteiger partial charge < -0.3 is 9.52 Å². The van der Waals surface area contributed by atoms with Crippen LogP contribution in [0, 0.1) is 12.7 Å². The molecular weight excluding hydrogens is 421 g/mol. The third-order valence-corrected chi connectivity index (χ3v) is 5.67. The van der Waals surface area contributed by atoms with E-state index in [9.17, 15) is 18.8 Å². The minimum absolute atomic E-state index is 0.0564. The highest BCUT2D eigenvalue weighted by Gasteiger charge is 2.35. The number of carboxylic acids is 1. The van der Waals surface area contributed by atoms with E-state index in [1.165, 1.54) is 36.4 Å². The molecule has 1 saturated heterocycles. The van der Waals surface area contributed by atoms with Crippen molar-refractivity contribution >= 4 is 35.0 Å². The van der Waals surface area contributed by atoms with Crippen molar-refractivity contribution in [3.8, 4) is 11.3 Å². The Hall–Kier alpha value is -3.65. The second-order valence-electron chi connectivity index (χ2n) is 6.93. The van der Waals surface area contributed by atoms with E-state index in [-0.39, 0.29) is 22.8 Å². The van der Waals surface area contributed by atoms with Gasteiger partial charge in [0.1, 0.15) is 17.3 Å². The lowest BCUT2D eigenvalue weighted by molar-refractivity contribution is -0.123. The van der Waals surface area contributed by atoms with Gasteiger partial charge in [-0.05, 0) is 66.2 Å². The van der Waals surface area contributed by atoms with Gasteiger partial charge in [-0.2, -0.15) is 0 Å². The van der Waals surface area contributed by atoms with Crippen molar-refractivity contribution in [3.05, 3.63) is 87.8 Å². The third-order valence-electron chi connectivity index (χ3n) is 4.77. The van der Waals surface area contributed by atoms with E-state index in [0.29, 0.717) is 17.1 Å². The zero-order chi connectivity index (χ0) is 22.1. The fourth-order valence-corrected chi connectivity index (χ4v) is 4.00. The van der Waals surface area contributed by atoms with Gasteiger partial charge in [0.05, 0.1) is 17.0 Å². The Morgan fingerprint density at radius 2 is 1.87 bits per heavy atom. The molecule has 0 spiro atoms. The van der Waals surface area contributed by atoms with E-state index in [1.807, 2.05) is 0 Å². The maximum Gasteiger partial charge on any atom is 0.335 e. The molecule has 6 nitrogen and oxygen atoms in total. The van der Waals surface area contributed by atoms with Crippen LogP contribution in [0.5, 0.6) is 0 Å². The number of aromatic carboxylic acids is 1. The standard InChI is InChI=1S/C23H16FNO5S/c1-13-10-15(22(27)28)4-8-18(13)19-9-7-17(30-19)11-20-21(26)25(23(29)31-20)12-14-2-5-16(24)6-3-14/h2-11H,12H2,1H3,(H,27,28)/b20-11-. The fourth-order valence-electron chi connectivity index (χ4n) is 3.19. The van der Waals surface area contributed by atoms with E-state index in [1.54, 1.807) is 31.2 Å². The molecule has 2 amide bonds. The second kappa shape index (κ2) is 8.23. The Kier molecular flexibility index (Phi) is 5.48. The molecule has 0 atom stereocenters. The topological polar surface area (TPSA) is 87.8 Å². The number of carbonyl (C=O) groups excluding carboxylic acids is 2. The molecule has 1 N–H and O–H groups in total. The maximum atomic E-state index is 13.1. The number of furan rings is 1. The number of halogens is 1. The Morgan fingerprint density at radius 3 is 2.55 bits per heavy atom. The van der Waals surface area contributed by atoms with Crippen LogP contribution in [0.25, 0.3) is 17.4 Å². The molecule has 1 aliphatic rings. The van der Waals surface area contributed by atoms with Crippen LogP contribution in [0.15, 0.2) is 63.9 Å². The molecule has 3 aromatic rings. The summed E-state index contributed by atoms with van der Waals surface area (Å²) >= 11 is 0.812. The summed E-state index contributed by atoms with van der Waals surface area (Å²) in [4.78, 5) is 37.4. The summed E-state index contributed by atoms with van der Waals surface area (Å²) in [7, 11) is 0. The summed E-state index contributed by atoms with van der Waals surface area (Å²) < 4.78 is 18.9. The molecular formula is C23H16FNO5S. The van der Waals surface area contributed by atoms with Crippen LogP contribution in [-0.2, 0) is 11.3 Å². The predicted molar refractivity (Wildman–Crippen MR) is 114 cm³/mol. The number of aryl methyl sites for hydroxylation is 1. The SMILES string of the molecule is Cc1cc(C(=O)O)ccc1-c1ccc(/C=C2\SC(=O)N(Cc3ccc(F)cc3)C2=O)o1. The fraction of sp³-hybridized carbons (Fsp3) is 0.0870. The van der Waals surface area contributed by atoms with Crippen molar-refractivity contribution in [3.63, 3.8) is 0 Å². The number of nitrogens with zero attached hydrogens (tertiary/aromatic N) is 1. The number of rotatable bonds is 5. The van der Waals surface area contributed by atoms with Crippen molar-refractivity contribution < 1.29 is 28.3 Å². The molecule has 8 heteroatoms. The van der Waals surface area contributed by atoms with Gasteiger partial charge in [-0.3, -0.25) is 14.5 Å². The first kappa shape index (κ1) is 20.6. The lowest BCUT2D eigenvalue weighted by Crippen LogP contribution is -2.27. The average Bonchev–Trinajstić information content (AvgIpc) is 3.29. The monoisotopic (exact) mass is 437 g/mol. The van der Waals surface area contributed by atoms with Crippen LogP contribution in [0.1, 0.15) is 27.2 Å². The number of hydrogen-bond acceptors (Lipinski definition) is 5. The maximum absolute atomic E-state index is 13.1. The van der Waals surface area contributed by atoms with Gasteiger partial charge in [-0.25, -0.2) is 9.18 Å². The Labute approximate surface area is 181 Å². The average molecular weight is 437 g/mol. The number of thioether (sulfide) groups is 1. The van der Waals surface area contributed by atoms with E-state index < -0.39 is 17.1 Å². The molecule has 1 fully saturated rings. The van der Waals surface area contributed by atoms with Crippen molar-refractivity contribution in [2.75, 3.05) is 0 Å². The van der Waals surface area contributed by atoms with Crippen LogP contribution in [0.2, 0.25) is 0 Å². The Bertz CT molecular complexity index is 1230.